The number of benzene rings is 2. The van der Waals surface area contributed by atoms with Gasteiger partial charge in [0.25, 0.3) is 0 Å². The highest BCUT2D eigenvalue weighted by atomic mass is 19.4. The molecule has 0 spiro atoms. The van der Waals surface area contributed by atoms with Crippen LogP contribution in [0.2, 0.25) is 0 Å². The molecule has 3 nitrogen and oxygen atoms in total. The molecule has 28 heavy (non-hydrogen) atoms. The first-order chi connectivity index (χ1) is 13.3. The van der Waals surface area contributed by atoms with Gasteiger partial charge < -0.3 is 4.90 Å². The molecule has 2 aliphatic heterocycles. The largest absolute Gasteiger partial charge is 0.416 e. The first-order valence-electron chi connectivity index (χ1n) is 9.61. The molecule has 2 aromatic carbocycles. The molecule has 6 heteroatoms. The number of fused-ring (bicyclic) bond motifs is 1. The van der Waals surface area contributed by atoms with Gasteiger partial charge in [-0.3, -0.25) is 9.69 Å². The Labute approximate surface area is 162 Å². The van der Waals surface area contributed by atoms with Crippen molar-refractivity contribution in [2.75, 3.05) is 6.54 Å². The molecule has 0 saturated carbocycles. The second kappa shape index (κ2) is 7.24. The molecule has 4 rings (SSSR count). The molecule has 0 radical (unpaired) electrons. The van der Waals surface area contributed by atoms with Crippen LogP contribution in [0.25, 0.3) is 0 Å². The van der Waals surface area contributed by atoms with Gasteiger partial charge in [0.1, 0.15) is 0 Å². The molecule has 3 atom stereocenters. The van der Waals surface area contributed by atoms with Crippen molar-refractivity contribution in [1.82, 2.24) is 9.80 Å². The lowest BCUT2D eigenvalue weighted by Crippen LogP contribution is -2.38. The average Bonchev–Trinajstić information content (AvgIpc) is 3.20. The fourth-order valence-electron chi connectivity index (χ4n) is 4.63. The molecule has 2 aliphatic rings. The van der Waals surface area contributed by atoms with Crippen molar-refractivity contribution >= 4 is 5.91 Å². The molecule has 2 saturated heterocycles. The number of rotatable bonds is 4. The number of nitrogens with zero attached hydrogens (tertiary/aromatic N) is 2. The second-order valence-corrected chi connectivity index (χ2v) is 7.68. The van der Waals surface area contributed by atoms with Gasteiger partial charge >= 0.3 is 6.18 Å². The Morgan fingerprint density at radius 3 is 2.54 bits per heavy atom. The minimum atomic E-state index is -4.34. The van der Waals surface area contributed by atoms with Crippen molar-refractivity contribution in [3.63, 3.8) is 0 Å². The van der Waals surface area contributed by atoms with Crippen LogP contribution in [-0.2, 0) is 17.5 Å². The summed E-state index contributed by atoms with van der Waals surface area (Å²) in [5.74, 6) is 0.125. The topological polar surface area (TPSA) is 23.6 Å². The summed E-state index contributed by atoms with van der Waals surface area (Å²) in [5.41, 5.74) is 1.12. The van der Waals surface area contributed by atoms with Crippen LogP contribution < -0.4 is 0 Å². The van der Waals surface area contributed by atoms with Crippen molar-refractivity contribution in [1.29, 1.82) is 0 Å². The Hall–Kier alpha value is -2.34. The molecule has 1 amide bonds. The zero-order chi connectivity index (χ0) is 19.9. The standard InChI is InChI=1S/C22H23F3N2O/c1-15(17-7-3-2-4-8-17)27-19-10-11-26(20(19)13-21(27)28)14-16-6-5-9-18(12-16)22(23,24)25/h2-9,12,15,19-20H,10-11,13-14H2,1H3/t15?,19-,20-/m0/s1. The maximum atomic E-state index is 13.0. The summed E-state index contributed by atoms with van der Waals surface area (Å²) < 4.78 is 39.0. The normalized spacial score (nSPS) is 23.9. The summed E-state index contributed by atoms with van der Waals surface area (Å²) in [6.07, 6.45) is -3.05. The third-order valence-corrected chi connectivity index (χ3v) is 5.99. The van der Waals surface area contributed by atoms with Gasteiger partial charge in [-0.2, -0.15) is 13.2 Å². The van der Waals surface area contributed by atoms with E-state index >= 15 is 0 Å². The molecular formula is C22H23F3N2O. The number of carbonyl (C=O) groups is 1. The highest BCUT2D eigenvalue weighted by Gasteiger charge is 2.48. The number of likely N-dealkylation sites (tertiary alicyclic amines) is 2. The molecular weight excluding hydrogens is 365 g/mol. The molecule has 0 aromatic heterocycles. The molecule has 1 unspecified atom stereocenters. The van der Waals surface area contributed by atoms with E-state index in [2.05, 4.69) is 4.90 Å². The Kier molecular flexibility index (Phi) is 4.91. The molecule has 148 valence electrons. The lowest BCUT2D eigenvalue weighted by Gasteiger charge is -2.31. The van der Waals surface area contributed by atoms with Crippen LogP contribution in [0.5, 0.6) is 0 Å². The van der Waals surface area contributed by atoms with E-state index < -0.39 is 11.7 Å². The number of hydrogen-bond acceptors (Lipinski definition) is 2. The first-order valence-corrected chi connectivity index (χ1v) is 9.61. The fraction of sp³-hybridized carbons (Fsp3) is 0.409. The summed E-state index contributed by atoms with van der Waals surface area (Å²) in [6.45, 7) is 3.27. The van der Waals surface area contributed by atoms with Gasteiger partial charge in [0.05, 0.1) is 11.6 Å². The molecule has 2 aromatic rings. The SMILES string of the molecule is CC(c1ccccc1)N1C(=O)C[C@H]2[C@@H]1CCN2Cc1cccc(C(F)(F)F)c1. The lowest BCUT2D eigenvalue weighted by atomic mass is 10.0. The number of alkyl halides is 3. The van der Waals surface area contributed by atoms with E-state index in [0.717, 1.165) is 24.6 Å². The summed E-state index contributed by atoms with van der Waals surface area (Å²) in [5, 5.41) is 0. The zero-order valence-corrected chi connectivity index (χ0v) is 15.7. The van der Waals surface area contributed by atoms with Gasteiger partial charge in [-0.15, -0.1) is 0 Å². The van der Waals surface area contributed by atoms with Gasteiger partial charge in [0.2, 0.25) is 5.91 Å². The minimum Gasteiger partial charge on any atom is -0.331 e. The summed E-state index contributed by atoms with van der Waals surface area (Å²) in [7, 11) is 0. The summed E-state index contributed by atoms with van der Waals surface area (Å²) >= 11 is 0. The summed E-state index contributed by atoms with van der Waals surface area (Å²) in [6, 6.07) is 15.6. The third kappa shape index (κ3) is 3.53. The highest BCUT2D eigenvalue weighted by molar-refractivity contribution is 5.80. The quantitative estimate of drug-likeness (QED) is 0.762. The Bertz CT molecular complexity index is 852. The Morgan fingerprint density at radius 1 is 1.07 bits per heavy atom. The molecule has 2 fully saturated rings. The maximum Gasteiger partial charge on any atom is 0.416 e. The fourth-order valence-corrected chi connectivity index (χ4v) is 4.63. The van der Waals surface area contributed by atoms with Crippen molar-refractivity contribution in [2.24, 2.45) is 0 Å². The van der Waals surface area contributed by atoms with Gasteiger partial charge in [-0.25, -0.2) is 0 Å². The third-order valence-electron chi connectivity index (χ3n) is 5.99. The van der Waals surface area contributed by atoms with Gasteiger partial charge in [0, 0.05) is 31.6 Å². The van der Waals surface area contributed by atoms with Gasteiger partial charge in [-0.05, 0) is 30.5 Å². The van der Waals surface area contributed by atoms with E-state index in [9.17, 15) is 18.0 Å². The average molecular weight is 388 g/mol. The van der Waals surface area contributed by atoms with Crippen LogP contribution in [0.15, 0.2) is 54.6 Å². The number of amides is 1. The second-order valence-electron chi connectivity index (χ2n) is 7.68. The van der Waals surface area contributed by atoms with E-state index in [-0.39, 0.29) is 24.0 Å². The number of carbonyl (C=O) groups excluding carboxylic acids is 1. The predicted molar refractivity (Wildman–Crippen MR) is 100 cm³/mol. The van der Waals surface area contributed by atoms with Crippen molar-refractivity contribution in [2.45, 2.75) is 50.6 Å². The maximum absolute atomic E-state index is 13.0. The van der Waals surface area contributed by atoms with Crippen molar-refractivity contribution in [3.8, 4) is 0 Å². The van der Waals surface area contributed by atoms with Crippen LogP contribution in [0.3, 0.4) is 0 Å². The number of halogens is 3. The van der Waals surface area contributed by atoms with Crippen LogP contribution in [0.4, 0.5) is 13.2 Å². The number of hydrogen-bond donors (Lipinski definition) is 0. The van der Waals surface area contributed by atoms with Crippen molar-refractivity contribution < 1.29 is 18.0 Å². The van der Waals surface area contributed by atoms with Crippen LogP contribution in [0.1, 0.15) is 42.5 Å². The van der Waals surface area contributed by atoms with E-state index in [0.29, 0.717) is 18.5 Å². The molecule has 0 aliphatic carbocycles. The smallest absolute Gasteiger partial charge is 0.331 e. The van der Waals surface area contributed by atoms with Crippen LogP contribution in [-0.4, -0.2) is 34.3 Å². The van der Waals surface area contributed by atoms with E-state index in [1.54, 1.807) is 6.07 Å². The van der Waals surface area contributed by atoms with Gasteiger partial charge in [0.15, 0.2) is 0 Å². The zero-order valence-electron chi connectivity index (χ0n) is 15.7. The first kappa shape index (κ1) is 19.0. The van der Waals surface area contributed by atoms with E-state index in [1.165, 1.54) is 12.1 Å². The van der Waals surface area contributed by atoms with Crippen LogP contribution in [0, 0.1) is 0 Å². The minimum absolute atomic E-state index is 0.00259. The van der Waals surface area contributed by atoms with Crippen molar-refractivity contribution in [3.05, 3.63) is 71.3 Å². The lowest BCUT2D eigenvalue weighted by molar-refractivity contribution is -0.137. The Morgan fingerprint density at radius 2 is 1.82 bits per heavy atom. The van der Waals surface area contributed by atoms with E-state index in [1.807, 2.05) is 42.2 Å². The summed E-state index contributed by atoms with van der Waals surface area (Å²) in [4.78, 5) is 16.9. The Balaban J connectivity index is 1.50. The monoisotopic (exact) mass is 388 g/mol. The molecule has 0 bridgehead atoms. The van der Waals surface area contributed by atoms with Gasteiger partial charge in [-0.1, -0.05) is 48.5 Å². The molecule has 0 N–H and O–H groups in total. The van der Waals surface area contributed by atoms with Crippen LogP contribution >= 0.6 is 0 Å². The predicted octanol–water partition coefficient (Wildman–Crippen LogP) is 4.64. The molecule has 2 heterocycles. The highest BCUT2D eigenvalue weighted by Crippen LogP contribution is 2.39. The van der Waals surface area contributed by atoms with E-state index in [4.69, 9.17) is 0 Å².